The van der Waals surface area contributed by atoms with Crippen molar-refractivity contribution in [2.75, 3.05) is 18.5 Å². The van der Waals surface area contributed by atoms with Crippen LogP contribution in [0.2, 0.25) is 0 Å². The molecule has 0 aliphatic heterocycles. The van der Waals surface area contributed by atoms with Gasteiger partial charge >= 0.3 is 0 Å². The van der Waals surface area contributed by atoms with Gasteiger partial charge in [0.05, 0.1) is 5.56 Å². The van der Waals surface area contributed by atoms with E-state index in [2.05, 4.69) is 22.9 Å². The summed E-state index contributed by atoms with van der Waals surface area (Å²) in [5.41, 5.74) is 2.67. The number of hydrogen-bond donors (Lipinski definition) is 0. The van der Waals surface area contributed by atoms with Crippen LogP contribution < -0.4 is 4.90 Å². The summed E-state index contributed by atoms with van der Waals surface area (Å²) in [6, 6.07) is 4.20. The van der Waals surface area contributed by atoms with Crippen molar-refractivity contribution in [3.63, 3.8) is 0 Å². The molecule has 1 aromatic heterocycles. The molecule has 16 heavy (non-hydrogen) atoms. The van der Waals surface area contributed by atoms with E-state index < -0.39 is 0 Å². The molecular formula is C13H19N3. The maximum absolute atomic E-state index is 9.15. The Kier molecular flexibility index (Phi) is 4.30. The molecule has 1 aromatic rings. The third kappa shape index (κ3) is 2.73. The Morgan fingerprint density at radius 2 is 2.12 bits per heavy atom. The van der Waals surface area contributed by atoms with Crippen LogP contribution in [0.4, 0.5) is 5.82 Å². The van der Waals surface area contributed by atoms with Crippen LogP contribution in [0.15, 0.2) is 6.07 Å². The molecule has 0 aliphatic rings. The van der Waals surface area contributed by atoms with Crippen molar-refractivity contribution in [2.45, 2.75) is 33.6 Å². The largest absolute Gasteiger partial charge is 0.359 e. The molecule has 3 heteroatoms. The van der Waals surface area contributed by atoms with Gasteiger partial charge in [-0.2, -0.15) is 5.26 Å². The lowest BCUT2D eigenvalue weighted by molar-refractivity contribution is 0.757. The van der Waals surface area contributed by atoms with Gasteiger partial charge in [0.2, 0.25) is 0 Å². The zero-order valence-electron chi connectivity index (χ0n) is 10.5. The maximum atomic E-state index is 9.15. The average molecular weight is 217 g/mol. The third-order valence-electron chi connectivity index (χ3n) is 2.65. The van der Waals surface area contributed by atoms with Gasteiger partial charge in [0.15, 0.2) is 0 Å². The normalized spacial score (nSPS) is 9.94. The second kappa shape index (κ2) is 5.50. The van der Waals surface area contributed by atoms with Gasteiger partial charge in [0.25, 0.3) is 0 Å². The Hall–Kier alpha value is -1.56. The number of nitriles is 1. The first-order valence-corrected chi connectivity index (χ1v) is 5.69. The molecule has 0 N–H and O–H groups in total. The Bertz CT molecular complexity index is 404. The summed E-state index contributed by atoms with van der Waals surface area (Å²) in [6.45, 7) is 7.03. The number of aryl methyl sites for hydroxylation is 2. The summed E-state index contributed by atoms with van der Waals surface area (Å²) in [6.07, 6.45) is 2.27. The quantitative estimate of drug-likeness (QED) is 0.778. The first-order chi connectivity index (χ1) is 7.60. The lowest BCUT2D eigenvalue weighted by atomic mass is 10.1. The van der Waals surface area contributed by atoms with Crippen LogP contribution in [0.25, 0.3) is 0 Å². The van der Waals surface area contributed by atoms with Crippen LogP contribution in [0.3, 0.4) is 0 Å². The minimum Gasteiger partial charge on any atom is -0.359 e. The van der Waals surface area contributed by atoms with Gasteiger partial charge in [-0.3, -0.25) is 0 Å². The second-order valence-corrected chi connectivity index (χ2v) is 4.17. The second-order valence-electron chi connectivity index (χ2n) is 4.17. The molecular weight excluding hydrogens is 198 g/mol. The Morgan fingerprint density at radius 3 is 2.69 bits per heavy atom. The highest BCUT2D eigenvalue weighted by Gasteiger charge is 2.11. The highest BCUT2D eigenvalue weighted by molar-refractivity contribution is 5.57. The fraction of sp³-hybridized carbons (Fsp3) is 0.538. The van der Waals surface area contributed by atoms with E-state index in [1.807, 2.05) is 27.0 Å². The number of pyridine rings is 1. The SMILES string of the molecule is CCCCN(C)c1nc(C)cc(C)c1C#N. The van der Waals surface area contributed by atoms with Crippen molar-refractivity contribution < 1.29 is 0 Å². The van der Waals surface area contributed by atoms with E-state index in [1.54, 1.807) is 0 Å². The lowest BCUT2D eigenvalue weighted by Crippen LogP contribution is -2.21. The van der Waals surface area contributed by atoms with Crippen molar-refractivity contribution in [2.24, 2.45) is 0 Å². The molecule has 0 aromatic carbocycles. The first-order valence-electron chi connectivity index (χ1n) is 5.69. The van der Waals surface area contributed by atoms with Crippen molar-refractivity contribution in [3.05, 3.63) is 22.9 Å². The van der Waals surface area contributed by atoms with Gasteiger partial charge in [-0.1, -0.05) is 13.3 Å². The third-order valence-corrected chi connectivity index (χ3v) is 2.65. The van der Waals surface area contributed by atoms with Crippen molar-refractivity contribution >= 4 is 5.82 Å². The molecule has 0 radical (unpaired) electrons. The first kappa shape index (κ1) is 12.5. The fourth-order valence-corrected chi connectivity index (χ4v) is 1.73. The van der Waals surface area contributed by atoms with E-state index >= 15 is 0 Å². The number of unbranched alkanes of at least 4 members (excludes halogenated alkanes) is 1. The van der Waals surface area contributed by atoms with Crippen LogP contribution in [-0.2, 0) is 0 Å². The zero-order chi connectivity index (χ0) is 12.1. The highest BCUT2D eigenvalue weighted by Crippen LogP contribution is 2.20. The zero-order valence-corrected chi connectivity index (χ0v) is 10.5. The molecule has 0 atom stereocenters. The fourth-order valence-electron chi connectivity index (χ4n) is 1.73. The molecule has 0 amide bonds. The Morgan fingerprint density at radius 1 is 1.44 bits per heavy atom. The molecule has 0 saturated heterocycles. The predicted octanol–water partition coefficient (Wildman–Crippen LogP) is 2.81. The van der Waals surface area contributed by atoms with Gasteiger partial charge in [0.1, 0.15) is 11.9 Å². The van der Waals surface area contributed by atoms with Gasteiger partial charge in [-0.15, -0.1) is 0 Å². The molecule has 1 heterocycles. The van der Waals surface area contributed by atoms with E-state index in [0.29, 0.717) is 5.56 Å². The monoisotopic (exact) mass is 217 g/mol. The molecule has 0 saturated carbocycles. The summed E-state index contributed by atoms with van der Waals surface area (Å²) in [7, 11) is 2.00. The Balaban J connectivity index is 3.07. The van der Waals surface area contributed by atoms with E-state index in [9.17, 15) is 0 Å². The van der Waals surface area contributed by atoms with E-state index in [4.69, 9.17) is 5.26 Å². The van der Waals surface area contributed by atoms with Gasteiger partial charge in [0, 0.05) is 19.3 Å². The van der Waals surface area contributed by atoms with Crippen LogP contribution >= 0.6 is 0 Å². The predicted molar refractivity (Wildman–Crippen MR) is 66.6 cm³/mol. The summed E-state index contributed by atoms with van der Waals surface area (Å²) in [4.78, 5) is 6.53. The summed E-state index contributed by atoms with van der Waals surface area (Å²) in [5, 5.41) is 9.15. The molecule has 0 spiro atoms. The van der Waals surface area contributed by atoms with E-state index in [1.165, 1.54) is 0 Å². The summed E-state index contributed by atoms with van der Waals surface area (Å²) in [5.74, 6) is 0.813. The molecule has 0 fully saturated rings. The van der Waals surface area contributed by atoms with Crippen molar-refractivity contribution in [3.8, 4) is 6.07 Å². The van der Waals surface area contributed by atoms with Crippen LogP contribution in [0, 0.1) is 25.2 Å². The lowest BCUT2D eigenvalue weighted by Gasteiger charge is -2.20. The topological polar surface area (TPSA) is 39.9 Å². The molecule has 1 rings (SSSR count). The number of anilines is 1. The highest BCUT2D eigenvalue weighted by atomic mass is 15.2. The smallest absolute Gasteiger partial charge is 0.146 e. The number of nitrogens with zero attached hydrogens (tertiary/aromatic N) is 3. The standard InChI is InChI=1S/C13H19N3/c1-5-6-7-16(4)13-12(9-14)10(2)8-11(3)15-13/h8H,5-7H2,1-4H3. The molecule has 86 valence electrons. The van der Waals surface area contributed by atoms with Crippen LogP contribution in [-0.4, -0.2) is 18.6 Å². The number of rotatable bonds is 4. The number of hydrogen-bond acceptors (Lipinski definition) is 3. The van der Waals surface area contributed by atoms with Crippen LogP contribution in [0.1, 0.15) is 36.6 Å². The van der Waals surface area contributed by atoms with E-state index in [0.717, 1.165) is 36.5 Å². The minimum absolute atomic E-state index is 0.698. The summed E-state index contributed by atoms with van der Waals surface area (Å²) < 4.78 is 0. The van der Waals surface area contributed by atoms with Crippen LogP contribution in [0.5, 0.6) is 0 Å². The van der Waals surface area contributed by atoms with Gasteiger partial charge < -0.3 is 4.90 Å². The molecule has 0 unspecified atom stereocenters. The minimum atomic E-state index is 0.698. The van der Waals surface area contributed by atoms with Crippen molar-refractivity contribution in [1.82, 2.24) is 4.98 Å². The molecule has 0 bridgehead atoms. The molecule has 0 aliphatic carbocycles. The van der Waals surface area contributed by atoms with Gasteiger partial charge in [-0.25, -0.2) is 4.98 Å². The average Bonchev–Trinajstić information content (AvgIpc) is 2.24. The Labute approximate surface area is 97.7 Å². The van der Waals surface area contributed by atoms with Gasteiger partial charge in [-0.05, 0) is 31.9 Å². The molecule has 3 nitrogen and oxygen atoms in total. The van der Waals surface area contributed by atoms with E-state index in [-0.39, 0.29) is 0 Å². The van der Waals surface area contributed by atoms with Crippen molar-refractivity contribution in [1.29, 1.82) is 5.26 Å². The summed E-state index contributed by atoms with van der Waals surface area (Å²) >= 11 is 0. The number of aromatic nitrogens is 1. The maximum Gasteiger partial charge on any atom is 0.146 e.